The van der Waals surface area contributed by atoms with Gasteiger partial charge in [-0.25, -0.2) is 14.9 Å². The Bertz CT molecular complexity index is 1380. The molecule has 1 saturated heterocycles. The summed E-state index contributed by atoms with van der Waals surface area (Å²) in [5.74, 6) is 1.17. The largest absolute Gasteiger partial charge is 0.381 e. The normalized spacial score (nSPS) is 17.4. The summed E-state index contributed by atoms with van der Waals surface area (Å²) in [4.78, 5) is 31.9. The van der Waals surface area contributed by atoms with Gasteiger partial charge < -0.3 is 10.1 Å². The number of hydrogen-bond donors (Lipinski definition) is 2. The summed E-state index contributed by atoms with van der Waals surface area (Å²) in [6.45, 7) is 11.9. The second-order valence-electron chi connectivity index (χ2n) is 12.7. The maximum atomic E-state index is 13.3. The second kappa shape index (κ2) is 12.0. The Morgan fingerprint density at radius 3 is 2.55 bits per heavy atom. The van der Waals surface area contributed by atoms with E-state index < -0.39 is 0 Å². The fourth-order valence-corrected chi connectivity index (χ4v) is 7.03. The fourth-order valence-electron chi connectivity index (χ4n) is 6.04. The minimum Gasteiger partial charge on any atom is -0.381 e. The number of nitrogens with one attached hydrogen (secondary N) is 2. The highest BCUT2D eigenvalue weighted by Crippen LogP contribution is 2.40. The minimum atomic E-state index is -0.202. The van der Waals surface area contributed by atoms with E-state index in [1.54, 1.807) is 4.57 Å². The van der Waals surface area contributed by atoms with Gasteiger partial charge in [0.1, 0.15) is 0 Å². The predicted octanol–water partition coefficient (Wildman–Crippen LogP) is 6.27. The fraction of sp³-hybridized carbons (Fsp3) is 0.613. The molecule has 2 N–H and O–H groups in total. The molecule has 5 rings (SSSR count). The van der Waals surface area contributed by atoms with Crippen molar-refractivity contribution in [1.29, 1.82) is 0 Å². The first-order valence-corrected chi connectivity index (χ1v) is 15.6. The van der Waals surface area contributed by atoms with E-state index in [4.69, 9.17) is 9.72 Å². The number of aromatic nitrogens is 4. The number of carbonyl (C=O) groups excluding carboxylic acids is 1. The quantitative estimate of drug-likeness (QED) is 0.351. The SMILES string of the molecule is CC(C)n1c(-c2ccc(-c3sc(C(=O)NC4CCOCC4)nc3CC3CCCCC3)cc2C(C)(C)C)n[nH]c1=O. The van der Waals surface area contributed by atoms with E-state index in [1.807, 2.05) is 13.8 Å². The lowest BCUT2D eigenvalue weighted by molar-refractivity contribution is 0.0696. The summed E-state index contributed by atoms with van der Waals surface area (Å²) < 4.78 is 7.18. The van der Waals surface area contributed by atoms with Crippen LogP contribution >= 0.6 is 11.3 Å². The molecular formula is C31H43N5O3S. The molecule has 9 heteroatoms. The summed E-state index contributed by atoms with van der Waals surface area (Å²) in [6, 6.07) is 6.52. The zero-order valence-electron chi connectivity index (χ0n) is 24.5. The molecule has 216 valence electrons. The number of nitrogens with zero attached hydrogens (tertiary/aromatic N) is 3. The second-order valence-corrected chi connectivity index (χ2v) is 13.7. The summed E-state index contributed by atoms with van der Waals surface area (Å²) in [6.07, 6.45) is 8.86. The lowest BCUT2D eigenvalue weighted by atomic mass is 9.82. The number of aromatic amines is 1. The highest BCUT2D eigenvalue weighted by Gasteiger charge is 2.27. The summed E-state index contributed by atoms with van der Waals surface area (Å²) in [7, 11) is 0. The van der Waals surface area contributed by atoms with Gasteiger partial charge in [-0.2, -0.15) is 5.10 Å². The highest BCUT2D eigenvalue weighted by molar-refractivity contribution is 7.17. The zero-order chi connectivity index (χ0) is 28.4. The first kappa shape index (κ1) is 28.7. The van der Waals surface area contributed by atoms with Crippen molar-refractivity contribution in [2.45, 2.75) is 103 Å². The molecule has 0 atom stereocenters. The number of carbonyl (C=O) groups is 1. The molecule has 3 heterocycles. The van der Waals surface area contributed by atoms with Crippen molar-refractivity contribution in [3.8, 4) is 21.8 Å². The van der Waals surface area contributed by atoms with Crippen molar-refractivity contribution < 1.29 is 9.53 Å². The third kappa shape index (κ3) is 6.25. The number of rotatable bonds is 7. The zero-order valence-corrected chi connectivity index (χ0v) is 25.3. The van der Waals surface area contributed by atoms with E-state index in [-0.39, 0.29) is 29.1 Å². The number of thiazole rings is 1. The smallest absolute Gasteiger partial charge is 0.343 e. The number of amides is 1. The average molecular weight is 566 g/mol. The molecule has 1 saturated carbocycles. The van der Waals surface area contributed by atoms with Gasteiger partial charge in [0, 0.05) is 30.9 Å². The highest BCUT2D eigenvalue weighted by atomic mass is 32.1. The maximum absolute atomic E-state index is 13.3. The Kier molecular flexibility index (Phi) is 8.61. The number of hydrogen-bond acceptors (Lipinski definition) is 6. The van der Waals surface area contributed by atoms with Crippen LogP contribution in [-0.4, -0.2) is 44.9 Å². The van der Waals surface area contributed by atoms with Gasteiger partial charge in [-0.05, 0) is 61.6 Å². The van der Waals surface area contributed by atoms with Crippen molar-refractivity contribution in [2.75, 3.05) is 13.2 Å². The number of benzene rings is 1. The van der Waals surface area contributed by atoms with E-state index in [1.165, 1.54) is 43.4 Å². The first-order valence-electron chi connectivity index (χ1n) is 14.8. The van der Waals surface area contributed by atoms with Crippen molar-refractivity contribution in [2.24, 2.45) is 5.92 Å². The van der Waals surface area contributed by atoms with Gasteiger partial charge in [0.25, 0.3) is 5.91 Å². The van der Waals surface area contributed by atoms with Crippen LogP contribution in [-0.2, 0) is 16.6 Å². The molecule has 1 aliphatic heterocycles. The molecule has 1 aromatic carbocycles. The third-order valence-electron chi connectivity index (χ3n) is 8.21. The van der Waals surface area contributed by atoms with Gasteiger partial charge in [-0.15, -0.1) is 11.3 Å². The average Bonchev–Trinajstić information content (AvgIpc) is 3.53. The third-order valence-corrected chi connectivity index (χ3v) is 9.35. The Hall–Kier alpha value is -2.78. The van der Waals surface area contributed by atoms with Gasteiger partial charge in [-0.1, -0.05) is 65.0 Å². The molecule has 0 spiro atoms. The molecule has 0 radical (unpaired) electrons. The molecule has 1 amide bonds. The molecule has 1 aliphatic carbocycles. The molecular weight excluding hydrogens is 522 g/mol. The lowest BCUT2D eigenvalue weighted by Gasteiger charge is -2.24. The van der Waals surface area contributed by atoms with Crippen LogP contribution in [0.3, 0.4) is 0 Å². The minimum absolute atomic E-state index is 0.0193. The van der Waals surface area contributed by atoms with E-state index in [2.05, 4.69) is 54.5 Å². The van der Waals surface area contributed by atoms with Gasteiger partial charge in [0.15, 0.2) is 10.8 Å². The maximum Gasteiger partial charge on any atom is 0.343 e. The number of ether oxygens (including phenoxy) is 1. The molecule has 2 fully saturated rings. The van der Waals surface area contributed by atoms with Gasteiger partial charge in [0.05, 0.1) is 10.6 Å². The monoisotopic (exact) mass is 565 g/mol. The molecule has 2 aromatic heterocycles. The first-order chi connectivity index (χ1) is 19.1. The summed E-state index contributed by atoms with van der Waals surface area (Å²) >= 11 is 1.50. The van der Waals surface area contributed by atoms with Crippen LogP contribution < -0.4 is 11.0 Å². The standard InChI is InChI=1S/C31H43N5O3S/c1-19(2)36-27(34-35-30(36)38)23-12-11-21(18-24(23)31(3,4)5)26-25(17-20-9-7-6-8-10-20)33-29(40-26)28(37)32-22-13-15-39-16-14-22/h11-12,18-20,22H,6-10,13-17H2,1-5H3,(H,32,37)(H,35,38). The van der Waals surface area contributed by atoms with Crippen LogP contribution in [0.1, 0.15) is 107 Å². The molecule has 0 unspecified atom stereocenters. The number of H-pyrrole nitrogens is 1. The molecule has 40 heavy (non-hydrogen) atoms. The Labute approximate surface area is 241 Å². The predicted molar refractivity (Wildman–Crippen MR) is 160 cm³/mol. The van der Waals surface area contributed by atoms with Crippen LogP contribution in [0.4, 0.5) is 0 Å². The molecule has 8 nitrogen and oxygen atoms in total. The van der Waals surface area contributed by atoms with Crippen LogP contribution in [0.15, 0.2) is 23.0 Å². The van der Waals surface area contributed by atoms with Crippen molar-refractivity contribution in [1.82, 2.24) is 25.1 Å². The van der Waals surface area contributed by atoms with E-state index in [0.717, 1.165) is 46.5 Å². The van der Waals surface area contributed by atoms with Crippen molar-refractivity contribution in [3.05, 3.63) is 44.9 Å². The molecule has 2 aliphatic rings. The van der Waals surface area contributed by atoms with Crippen LogP contribution in [0.2, 0.25) is 0 Å². The van der Waals surface area contributed by atoms with E-state index >= 15 is 0 Å². The van der Waals surface area contributed by atoms with Gasteiger partial charge >= 0.3 is 5.69 Å². The van der Waals surface area contributed by atoms with E-state index in [0.29, 0.717) is 30.0 Å². The molecule has 3 aromatic rings. The van der Waals surface area contributed by atoms with Crippen LogP contribution in [0.5, 0.6) is 0 Å². The van der Waals surface area contributed by atoms with E-state index in [9.17, 15) is 9.59 Å². The summed E-state index contributed by atoms with van der Waals surface area (Å²) in [5.41, 5.74) is 3.75. The Morgan fingerprint density at radius 1 is 1.15 bits per heavy atom. The van der Waals surface area contributed by atoms with Gasteiger partial charge in [-0.3, -0.25) is 9.36 Å². The topological polar surface area (TPSA) is 102 Å². The Morgan fingerprint density at radius 2 is 1.88 bits per heavy atom. The molecule has 0 bridgehead atoms. The van der Waals surface area contributed by atoms with Crippen LogP contribution in [0, 0.1) is 5.92 Å². The van der Waals surface area contributed by atoms with Crippen molar-refractivity contribution >= 4 is 17.2 Å². The summed E-state index contributed by atoms with van der Waals surface area (Å²) in [5, 5.41) is 10.8. The van der Waals surface area contributed by atoms with Crippen LogP contribution in [0.25, 0.3) is 21.8 Å². The Balaban J connectivity index is 1.55. The van der Waals surface area contributed by atoms with Gasteiger partial charge in [0.2, 0.25) is 0 Å². The lowest BCUT2D eigenvalue weighted by Crippen LogP contribution is -2.38. The van der Waals surface area contributed by atoms with Crippen molar-refractivity contribution in [3.63, 3.8) is 0 Å².